The van der Waals surface area contributed by atoms with Crippen LogP contribution < -0.4 is 0 Å². The predicted molar refractivity (Wildman–Crippen MR) is 118 cm³/mol. The van der Waals surface area contributed by atoms with E-state index in [1.807, 2.05) is 11.3 Å². The summed E-state index contributed by atoms with van der Waals surface area (Å²) >= 11 is 3.56. The number of aryl methyl sites for hydroxylation is 2. The molecule has 1 atom stereocenters. The highest BCUT2D eigenvalue weighted by molar-refractivity contribution is 7.18. The molecule has 1 aromatic carbocycles. The molecule has 0 radical (unpaired) electrons. The summed E-state index contributed by atoms with van der Waals surface area (Å²) in [6.07, 6.45) is 4.60. The molecular formula is C22H24N4OS2. The molecule has 150 valence electrons. The minimum absolute atomic E-state index is 0.326. The molecule has 0 saturated carbocycles. The highest BCUT2D eigenvalue weighted by atomic mass is 32.1. The van der Waals surface area contributed by atoms with Gasteiger partial charge in [0.25, 0.3) is 5.89 Å². The van der Waals surface area contributed by atoms with Crippen molar-refractivity contribution >= 4 is 32.9 Å². The summed E-state index contributed by atoms with van der Waals surface area (Å²) in [4.78, 5) is 9.82. The molecule has 1 fully saturated rings. The third-order valence-electron chi connectivity index (χ3n) is 5.57. The number of hydrogen-bond acceptors (Lipinski definition) is 7. The molecule has 0 spiro atoms. The first-order chi connectivity index (χ1) is 14.2. The maximum Gasteiger partial charge on any atom is 0.257 e. The molecule has 4 heterocycles. The second kappa shape index (κ2) is 7.97. The van der Waals surface area contributed by atoms with Gasteiger partial charge in [-0.1, -0.05) is 25.5 Å². The van der Waals surface area contributed by atoms with Crippen LogP contribution in [0.15, 0.2) is 34.7 Å². The summed E-state index contributed by atoms with van der Waals surface area (Å²) in [6.45, 7) is 6.04. The van der Waals surface area contributed by atoms with Gasteiger partial charge in [-0.3, -0.25) is 4.90 Å². The number of aromatic nitrogens is 3. The molecule has 0 aliphatic carbocycles. The van der Waals surface area contributed by atoms with Crippen LogP contribution in [-0.4, -0.2) is 26.6 Å². The Hall–Kier alpha value is -2.09. The van der Waals surface area contributed by atoms with E-state index in [0.29, 0.717) is 24.4 Å². The van der Waals surface area contributed by atoms with Gasteiger partial charge >= 0.3 is 0 Å². The Labute approximate surface area is 178 Å². The topological polar surface area (TPSA) is 55.1 Å². The van der Waals surface area contributed by atoms with E-state index in [9.17, 15) is 0 Å². The first-order valence-electron chi connectivity index (χ1n) is 10.2. The Morgan fingerprint density at radius 2 is 2.07 bits per heavy atom. The number of nitrogens with zero attached hydrogens (tertiary/aromatic N) is 4. The summed E-state index contributed by atoms with van der Waals surface area (Å²) < 4.78 is 7.32. The van der Waals surface area contributed by atoms with E-state index in [-0.39, 0.29) is 0 Å². The zero-order valence-electron chi connectivity index (χ0n) is 16.7. The van der Waals surface area contributed by atoms with Gasteiger partial charge in [-0.25, -0.2) is 4.98 Å². The minimum atomic E-state index is 0.326. The highest BCUT2D eigenvalue weighted by Crippen LogP contribution is 2.37. The van der Waals surface area contributed by atoms with Gasteiger partial charge in [0.15, 0.2) is 0 Å². The molecule has 0 bridgehead atoms. The van der Waals surface area contributed by atoms with E-state index < -0.39 is 0 Å². The van der Waals surface area contributed by atoms with Crippen LogP contribution >= 0.6 is 22.7 Å². The zero-order chi connectivity index (χ0) is 19.8. The van der Waals surface area contributed by atoms with Gasteiger partial charge in [-0.05, 0) is 56.5 Å². The summed E-state index contributed by atoms with van der Waals surface area (Å²) in [5.74, 6) is 1.33. The predicted octanol–water partition coefficient (Wildman–Crippen LogP) is 6.01. The Balaban J connectivity index is 1.37. The van der Waals surface area contributed by atoms with E-state index >= 15 is 0 Å². The lowest BCUT2D eigenvalue weighted by Crippen LogP contribution is -2.33. The Morgan fingerprint density at radius 3 is 2.90 bits per heavy atom. The Kier molecular flexibility index (Phi) is 5.20. The van der Waals surface area contributed by atoms with Crippen LogP contribution in [0.1, 0.15) is 53.6 Å². The standard InChI is InChI=1S/C22H24N4OS2/c1-3-17-14(2)12-19(28-17)21-25-24-20(27-21)13-26-11-7-6-9-16(26)22-23-15-8-4-5-10-18(15)29-22/h4-5,8,10,12,16H,3,6-7,9,11,13H2,1-2H3/t16-/m0/s1. The lowest BCUT2D eigenvalue weighted by Gasteiger charge is -2.33. The maximum absolute atomic E-state index is 6.06. The fraction of sp³-hybridized carbons (Fsp3) is 0.409. The smallest absolute Gasteiger partial charge is 0.257 e. The van der Waals surface area contributed by atoms with Crippen molar-refractivity contribution in [2.24, 2.45) is 0 Å². The van der Waals surface area contributed by atoms with Crippen molar-refractivity contribution in [3.8, 4) is 10.8 Å². The average Bonchev–Trinajstić information content (AvgIpc) is 3.46. The van der Waals surface area contributed by atoms with Gasteiger partial charge in [-0.15, -0.1) is 32.9 Å². The maximum atomic E-state index is 6.06. The summed E-state index contributed by atoms with van der Waals surface area (Å²) in [5.41, 5.74) is 2.40. The molecule has 5 rings (SSSR count). The number of likely N-dealkylation sites (tertiary alicyclic amines) is 1. The van der Waals surface area contributed by atoms with Gasteiger partial charge in [0.05, 0.1) is 27.7 Å². The van der Waals surface area contributed by atoms with Crippen LogP contribution in [0.4, 0.5) is 0 Å². The summed E-state index contributed by atoms with van der Waals surface area (Å²) in [7, 11) is 0. The number of thiophene rings is 1. The zero-order valence-corrected chi connectivity index (χ0v) is 18.4. The molecule has 4 aromatic rings. The lowest BCUT2D eigenvalue weighted by molar-refractivity contribution is 0.128. The number of piperidine rings is 1. The molecule has 3 aromatic heterocycles. The summed E-state index contributed by atoms with van der Waals surface area (Å²) in [5, 5.41) is 9.88. The molecule has 7 heteroatoms. The third kappa shape index (κ3) is 3.74. The molecular weight excluding hydrogens is 400 g/mol. The van der Waals surface area contributed by atoms with Crippen molar-refractivity contribution in [2.75, 3.05) is 6.54 Å². The molecule has 5 nitrogen and oxygen atoms in total. The quantitative estimate of drug-likeness (QED) is 0.393. The number of thiazole rings is 1. The van der Waals surface area contributed by atoms with Crippen LogP contribution in [0.3, 0.4) is 0 Å². The van der Waals surface area contributed by atoms with E-state index in [1.54, 1.807) is 11.3 Å². The molecule has 0 amide bonds. The monoisotopic (exact) mass is 424 g/mol. The molecule has 1 aliphatic rings. The Morgan fingerprint density at radius 1 is 1.17 bits per heavy atom. The van der Waals surface area contributed by atoms with Crippen LogP contribution in [-0.2, 0) is 13.0 Å². The van der Waals surface area contributed by atoms with Crippen LogP contribution in [0.5, 0.6) is 0 Å². The van der Waals surface area contributed by atoms with Crippen LogP contribution in [0.25, 0.3) is 21.0 Å². The first-order valence-corrected chi connectivity index (χ1v) is 11.9. The van der Waals surface area contributed by atoms with Gasteiger partial charge in [-0.2, -0.15) is 0 Å². The van der Waals surface area contributed by atoms with Crippen molar-refractivity contribution in [2.45, 2.75) is 52.1 Å². The van der Waals surface area contributed by atoms with Gasteiger partial charge in [0.1, 0.15) is 5.01 Å². The number of hydrogen-bond donors (Lipinski definition) is 0. The third-order valence-corrected chi connectivity index (χ3v) is 8.07. The van der Waals surface area contributed by atoms with Crippen molar-refractivity contribution in [1.29, 1.82) is 0 Å². The van der Waals surface area contributed by atoms with Gasteiger partial charge < -0.3 is 4.42 Å². The number of fused-ring (bicyclic) bond motifs is 1. The van der Waals surface area contributed by atoms with E-state index in [1.165, 1.54) is 33.0 Å². The Bertz CT molecular complexity index is 1100. The summed E-state index contributed by atoms with van der Waals surface area (Å²) in [6, 6.07) is 10.9. The van der Waals surface area contributed by atoms with E-state index in [0.717, 1.165) is 29.8 Å². The largest absolute Gasteiger partial charge is 0.419 e. The fourth-order valence-corrected chi connectivity index (χ4v) is 6.23. The first kappa shape index (κ1) is 18.9. The SMILES string of the molecule is CCc1sc(-c2nnc(CN3CCCC[C@H]3c3nc4ccccc4s3)o2)cc1C. The second-order valence-corrected chi connectivity index (χ2v) is 9.77. The van der Waals surface area contributed by atoms with E-state index in [4.69, 9.17) is 9.40 Å². The van der Waals surface area contributed by atoms with E-state index in [2.05, 4.69) is 59.3 Å². The highest BCUT2D eigenvalue weighted by Gasteiger charge is 2.28. The second-order valence-electron chi connectivity index (χ2n) is 7.57. The van der Waals surface area contributed by atoms with Crippen LogP contribution in [0.2, 0.25) is 0 Å². The number of rotatable bonds is 5. The molecule has 0 unspecified atom stereocenters. The lowest BCUT2D eigenvalue weighted by atomic mass is 10.0. The van der Waals surface area contributed by atoms with Crippen molar-refractivity contribution in [3.63, 3.8) is 0 Å². The average molecular weight is 425 g/mol. The molecule has 29 heavy (non-hydrogen) atoms. The molecule has 1 aliphatic heterocycles. The number of benzene rings is 1. The number of para-hydroxylation sites is 1. The molecule has 1 saturated heterocycles. The minimum Gasteiger partial charge on any atom is -0.419 e. The normalized spacial score (nSPS) is 17.9. The van der Waals surface area contributed by atoms with Gasteiger partial charge in [0.2, 0.25) is 5.89 Å². The fourth-order valence-electron chi connectivity index (χ4n) is 4.06. The van der Waals surface area contributed by atoms with Crippen LogP contribution in [0, 0.1) is 6.92 Å². The van der Waals surface area contributed by atoms with Crippen molar-refractivity contribution < 1.29 is 4.42 Å². The van der Waals surface area contributed by atoms with Crippen molar-refractivity contribution in [3.05, 3.63) is 51.7 Å². The molecule has 0 N–H and O–H groups in total. The van der Waals surface area contributed by atoms with Crippen molar-refractivity contribution in [1.82, 2.24) is 20.1 Å². The van der Waals surface area contributed by atoms with Gasteiger partial charge in [0, 0.05) is 4.88 Å².